The van der Waals surface area contributed by atoms with Gasteiger partial charge in [-0.2, -0.15) is 0 Å². The number of rotatable bonds is 6. The van der Waals surface area contributed by atoms with Gasteiger partial charge in [0.1, 0.15) is 0 Å². The van der Waals surface area contributed by atoms with Gasteiger partial charge in [-0.1, -0.05) is 12.1 Å². The van der Waals surface area contributed by atoms with Crippen molar-refractivity contribution < 1.29 is 4.79 Å². The molecule has 1 aromatic carbocycles. The van der Waals surface area contributed by atoms with E-state index in [0.717, 1.165) is 19.5 Å². The number of nitrogens with one attached hydrogen (secondary N) is 1. The van der Waals surface area contributed by atoms with Gasteiger partial charge in [-0.25, -0.2) is 4.79 Å². The molecule has 2 amide bonds. The SMILES string of the molecule is CCN(CC)C(=O)NCCc1ccc(SC)cc1. The van der Waals surface area contributed by atoms with Crippen molar-refractivity contribution >= 4 is 17.8 Å². The van der Waals surface area contributed by atoms with Crippen LogP contribution in [0, 0.1) is 0 Å². The predicted octanol–water partition coefficient (Wildman–Crippen LogP) is 3.00. The van der Waals surface area contributed by atoms with Crippen LogP contribution in [0.15, 0.2) is 29.2 Å². The highest BCUT2D eigenvalue weighted by molar-refractivity contribution is 7.98. The molecule has 1 N–H and O–H groups in total. The summed E-state index contributed by atoms with van der Waals surface area (Å²) in [6.45, 7) is 6.18. The van der Waals surface area contributed by atoms with Crippen LogP contribution >= 0.6 is 11.8 Å². The second-order valence-electron chi connectivity index (χ2n) is 4.00. The molecule has 0 heterocycles. The van der Waals surface area contributed by atoms with Crippen LogP contribution in [0.1, 0.15) is 19.4 Å². The summed E-state index contributed by atoms with van der Waals surface area (Å²) in [7, 11) is 0. The molecule has 18 heavy (non-hydrogen) atoms. The topological polar surface area (TPSA) is 32.3 Å². The van der Waals surface area contributed by atoms with Crippen LogP contribution < -0.4 is 5.32 Å². The molecule has 0 atom stereocenters. The van der Waals surface area contributed by atoms with Gasteiger partial charge in [0.05, 0.1) is 0 Å². The summed E-state index contributed by atoms with van der Waals surface area (Å²) < 4.78 is 0. The van der Waals surface area contributed by atoms with E-state index in [2.05, 4.69) is 35.8 Å². The molecule has 1 aromatic rings. The maximum Gasteiger partial charge on any atom is 0.317 e. The van der Waals surface area contributed by atoms with Gasteiger partial charge in [0.2, 0.25) is 0 Å². The van der Waals surface area contributed by atoms with Crippen LogP contribution in [-0.4, -0.2) is 36.8 Å². The standard InChI is InChI=1S/C14H22N2OS/c1-4-16(5-2)14(17)15-11-10-12-6-8-13(18-3)9-7-12/h6-9H,4-5,10-11H2,1-3H3,(H,15,17). The zero-order chi connectivity index (χ0) is 13.4. The zero-order valence-electron chi connectivity index (χ0n) is 11.4. The first kappa shape index (κ1) is 14.9. The van der Waals surface area contributed by atoms with Crippen molar-refractivity contribution in [2.45, 2.75) is 25.2 Å². The smallest absolute Gasteiger partial charge is 0.317 e. The molecule has 0 radical (unpaired) electrons. The average molecular weight is 266 g/mol. The lowest BCUT2D eigenvalue weighted by Gasteiger charge is -2.19. The number of carbonyl (C=O) groups is 1. The molecule has 0 aliphatic rings. The van der Waals surface area contributed by atoms with Gasteiger partial charge in [0, 0.05) is 24.5 Å². The number of nitrogens with zero attached hydrogens (tertiary/aromatic N) is 1. The van der Waals surface area contributed by atoms with E-state index in [1.165, 1.54) is 10.5 Å². The predicted molar refractivity (Wildman–Crippen MR) is 78.2 cm³/mol. The molecule has 0 aliphatic heterocycles. The Morgan fingerprint density at radius 1 is 1.22 bits per heavy atom. The Balaban J connectivity index is 2.34. The van der Waals surface area contributed by atoms with Gasteiger partial charge in [0.25, 0.3) is 0 Å². The van der Waals surface area contributed by atoms with Crippen molar-refractivity contribution in [3.05, 3.63) is 29.8 Å². The molecule has 0 bridgehead atoms. The van der Waals surface area contributed by atoms with Gasteiger partial charge in [0.15, 0.2) is 0 Å². The molecule has 0 saturated carbocycles. The third kappa shape index (κ3) is 4.61. The van der Waals surface area contributed by atoms with Crippen LogP contribution in [-0.2, 0) is 6.42 Å². The normalized spacial score (nSPS) is 10.2. The van der Waals surface area contributed by atoms with Crippen LogP contribution in [0.5, 0.6) is 0 Å². The number of amides is 2. The summed E-state index contributed by atoms with van der Waals surface area (Å²) in [5.74, 6) is 0. The summed E-state index contributed by atoms with van der Waals surface area (Å²) in [6.07, 6.45) is 2.95. The molecule has 3 nitrogen and oxygen atoms in total. The van der Waals surface area contributed by atoms with Gasteiger partial charge < -0.3 is 10.2 Å². The number of carbonyl (C=O) groups excluding carboxylic acids is 1. The number of hydrogen-bond donors (Lipinski definition) is 1. The minimum atomic E-state index is 0.0285. The first-order valence-electron chi connectivity index (χ1n) is 6.37. The first-order chi connectivity index (χ1) is 8.71. The van der Waals surface area contributed by atoms with E-state index in [4.69, 9.17) is 0 Å². The highest BCUT2D eigenvalue weighted by Gasteiger charge is 2.07. The second kappa shape index (κ2) is 8.03. The molecule has 0 aliphatic carbocycles. The van der Waals surface area contributed by atoms with Crippen LogP contribution in [0.4, 0.5) is 4.79 Å². The van der Waals surface area contributed by atoms with Gasteiger partial charge in [-0.15, -0.1) is 11.8 Å². The molecule has 0 saturated heterocycles. The van der Waals surface area contributed by atoms with Crippen molar-refractivity contribution in [1.29, 1.82) is 0 Å². The maximum absolute atomic E-state index is 11.7. The Morgan fingerprint density at radius 2 is 1.83 bits per heavy atom. The number of benzene rings is 1. The fourth-order valence-corrected chi connectivity index (χ4v) is 2.14. The van der Waals surface area contributed by atoms with Gasteiger partial charge in [-0.3, -0.25) is 0 Å². The van der Waals surface area contributed by atoms with Crippen LogP contribution in [0.2, 0.25) is 0 Å². The van der Waals surface area contributed by atoms with Crippen molar-refractivity contribution in [3.63, 3.8) is 0 Å². The fraction of sp³-hybridized carbons (Fsp3) is 0.500. The second-order valence-corrected chi connectivity index (χ2v) is 4.88. The van der Waals surface area contributed by atoms with Crippen molar-refractivity contribution in [2.24, 2.45) is 0 Å². The Labute approximate surface area is 114 Å². The Kier molecular flexibility index (Phi) is 6.65. The summed E-state index contributed by atoms with van der Waals surface area (Å²) in [4.78, 5) is 14.8. The molecule has 100 valence electrons. The molecular weight excluding hydrogens is 244 g/mol. The lowest BCUT2D eigenvalue weighted by atomic mass is 10.1. The average Bonchev–Trinajstić information content (AvgIpc) is 2.41. The zero-order valence-corrected chi connectivity index (χ0v) is 12.2. The van der Waals surface area contributed by atoms with E-state index >= 15 is 0 Å². The molecular formula is C14H22N2OS. The van der Waals surface area contributed by atoms with Crippen molar-refractivity contribution in [2.75, 3.05) is 25.9 Å². The summed E-state index contributed by atoms with van der Waals surface area (Å²) in [5, 5.41) is 2.94. The van der Waals surface area contributed by atoms with E-state index < -0.39 is 0 Å². The minimum absolute atomic E-state index is 0.0285. The van der Waals surface area contributed by atoms with Crippen molar-refractivity contribution in [3.8, 4) is 0 Å². The van der Waals surface area contributed by atoms with Crippen LogP contribution in [0.3, 0.4) is 0 Å². The summed E-state index contributed by atoms with van der Waals surface area (Å²) in [6, 6.07) is 8.50. The Hall–Kier alpha value is -1.16. The molecule has 4 heteroatoms. The van der Waals surface area contributed by atoms with Gasteiger partial charge >= 0.3 is 6.03 Å². The third-order valence-corrected chi connectivity index (χ3v) is 3.64. The Morgan fingerprint density at radius 3 is 2.33 bits per heavy atom. The van der Waals surface area contributed by atoms with E-state index in [9.17, 15) is 4.79 Å². The minimum Gasteiger partial charge on any atom is -0.338 e. The van der Waals surface area contributed by atoms with E-state index in [1.54, 1.807) is 16.7 Å². The van der Waals surface area contributed by atoms with E-state index in [0.29, 0.717) is 6.54 Å². The monoisotopic (exact) mass is 266 g/mol. The maximum atomic E-state index is 11.7. The fourth-order valence-electron chi connectivity index (χ4n) is 1.73. The third-order valence-electron chi connectivity index (χ3n) is 2.90. The highest BCUT2D eigenvalue weighted by atomic mass is 32.2. The number of thioether (sulfide) groups is 1. The molecule has 0 spiro atoms. The summed E-state index contributed by atoms with van der Waals surface area (Å²) in [5.41, 5.74) is 1.26. The van der Waals surface area contributed by atoms with Crippen molar-refractivity contribution in [1.82, 2.24) is 10.2 Å². The largest absolute Gasteiger partial charge is 0.338 e. The lowest BCUT2D eigenvalue weighted by molar-refractivity contribution is 0.203. The molecule has 0 unspecified atom stereocenters. The quantitative estimate of drug-likeness (QED) is 0.803. The Bertz CT molecular complexity index is 361. The molecule has 1 rings (SSSR count). The van der Waals surface area contributed by atoms with Crippen LogP contribution in [0.25, 0.3) is 0 Å². The van der Waals surface area contributed by atoms with E-state index in [-0.39, 0.29) is 6.03 Å². The molecule has 0 fully saturated rings. The first-order valence-corrected chi connectivity index (χ1v) is 7.59. The number of hydrogen-bond acceptors (Lipinski definition) is 2. The highest BCUT2D eigenvalue weighted by Crippen LogP contribution is 2.14. The summed E-state index contributed by atoms with van der Waals surface area (Å²) >= 11 is 1.74. The lowest BCUT2D eigenvalue weighted by Crippen LogP contribution is -2.40. The number of urea groups is 1. The van der Waals surface area contributed by atoms with Gasteiger partial charge in [-0.05, 0) is 44.2 Å². The molecule has 0 aromatic heterocycles. The van der Waals surface area contributed by atoms with E-state index in [1.807, 2.05) is 13.8 Å².